The topological polar surface area (TPSA) is 70.8 Å². The number of fused-ring (bicyclic) bond motifs is 1. The number of carboxylic acid groups (broad SMARTS) is 1. The number of carbonyl (C=O) groups is 2. The number of furan rings is 1. The quantitative estimate of drug-likeness (QED) is 0.931. The van der Waals surface area contributed by atoms with Crippen LogP contribution in [-0.2, 0) is 16.1 Å². The molecular formula is C15H15NO4. The minimum absolute atomic E-state index is 0.109. The molecule has 1 fully saturated rings. The van der Waals surface area contributed by atoms with Crippen LogP contribution in [0.4, 0.5) is 0 Å². The van der Waals surface area contributed by atoms with Gasteiger partial charge < -0.3 is 14.4 Å². The predicted octanol–water partition coefficient (Wildman–Crippen LogP) is 2.32. The van der Waals surface area contributed by atoms with Gasteiger partial charge in [0, 0.05) is 17.4 Å². The Morgan fingerprint density at radius 2 is 2.20 bits per heavy atom. The van der Waals surface area contributed by atoms with Gasteiger partial charge in [-0.2, -0.15) is 0 Å². The van der Waals surface area contributed by atoms with Crippen LogP contribution < -0.4 is 0 Å². The molecule has 5 heteroatoms. The van der Waals surface area contributed by atoms with Gasteiger partial charge in [-0.25, -0.2) is 4.79 Å². The number of hydrogen-bond acceptors (Lipinski definition) is 3. The highest BCUT2D eigenvalue weighted by atomic mass is 16.4. The third kappa shape index (κ3) is 1.95. The van der Waals surface area contributed by atoms with E-state index < -0.39 is 12.0 Å². The Balaban J connectivity index is 1.98. The average Bonchev–Trinajstić information content (AvgIpc) is 2.92. The van der Waals surface area contributed by atoms with Gasteiger partial charge in [0.2, 0.25) is 5.91 Å². The molecule has 1 aliphatic heterocycles. The summed E-state index contributed by atoms with van der Waals surface area (Å²) in [7, 11) is 0. The zero-order valence-electron chi connectivity index (χ0n) is 11.1. The molecule has 0 bridgehead atoms. The largest absolute Gasteiger partial charge is 0.480 e. The molecule has 2 aromatic rings. The summed E-state index contributed by atoms with van der Waals surface area (Å²) in [5.74, 6) is -0.321. The van der Waals surface area contributed by atoms with Crippen molar-refractivity contribution in [3.8, 4) is 0 Å². The minimum Gasteiger partial charge on any atom is -0.480 e. The van der Waals surface area contributed by atoms with E-state index in [1.165, 1.54) is 4.90 Å². The van der Waals surface area contributed by atoms with Crippen molar-refractivity contribution in [2.75, 3.05) is 0 Å². The average molecular weight is 273 g/mol. The second-order valence-electron chi connectivity index (χ2n) is 5.05. The molecule has 1 N–H and O–H groups in total. The molecule has 1 aromatic heterocycles. The first-order valence-electron chi connectivity index (χ1n) is 6.57. The number of hydrogen-bond donors (Lipinski definition) is 1. The maximum Gasteiger partial charge on any atom is 0.326 e. The van der Waals surface area contributed by atoms with E-state index >= 15 is 0 Å². The van der Waals surface area contributed by atoms with Crippen LogP contribution >= 0.6 is 0 Å². The highest BCUT2D eigenvalue weighted by Gasteiger charge is 2.36. The van der Waals surface area contributed by atoms with Crippen LogP contribution in [0.5, 0.6) is 0 Å². The second-order valence-corrected chi connectivity index (χ2v) is 5.05. The number of likely N-dealkylation sites (tertiary alicyclic amines) is 1. The van der Waals surface area contributed by atoms with E-state index in [9.17, 15) is 14.7 Å². The fourth-order valence-corrected chi connectivity index (χ4v) is 2.78. The zero-order valence-corrected chi connectivity index (χ0v) is 11.1. The molecule has 0 radical (unpaired) electrons. The molecule has 20 heavy (non-hydrogen) atoms. The Kier molecular flexibility index (Phi) is 2.97. The number of rotatable bonds is 3. The fraction of sp³-hybridized carbons (Fsp3) is 0.333. The first kappa shape index (κ1) is 12.7. The lowest BCUT2D eigenvalue weighted by Crippen LogP contribution is -2.38. The molecule has 104 valence electrons. The van der Waals surface area contributed by atoms with Gasteiger partial charge in [-0.1, -0.05) is 18.2 Å². The van der Waals surface area contributed by atoms with Gasteiger partial charge in [-0.05, 0) is 19.4 Å². The summed E-state index contributed by atoms with van der Waals surface area (Å²) in [5, 5.41) is 10.1. The van der Waals surface area contributed by atoms with Gasteiger partial charge in [0.1, 0.15) is 17.4 Å². The minimum atomic E-state index is -0.943. The van der Waals surface area contributed by atoms with Crippen molar-refractivity contribution in [2.45, 2.75) is 32.4 Å². The summed E-state index contributed by atoms with van der Waals surface area (Å²) in [4.78, 5) is 24.5. The van der Waals surface area contributed by atoms with Crippen LogP contribution in [0, 0.1) is 6.92 Å². The monoisotopic (exact) mass is 273 g/mol. The lowest BCUT2D eigenvalue weighted by Gasteiger charge is -2.21. The van der Waals surface area contributed by atoms with E-state index in [0.717, 1.165) is 22.3 Å². The number of aryl methyl sites for hydroxylation is 1. The molecule has 1 aliphatic rings. The number of amides is 1. The smallest absolute Gasteiger partial charge is 0.326 e. The molecule has 3 rings (SSSR count). The lowest BCUT2D eigenvalue weighted by molar-refractivity contribution is -0.146. The zero-order chi connectivity index (χ0) is 14.3. The van der Waals surface area contributed by atoms with Gasteiger partial charge in [-0.15, -0.1) is 0 Å². The van der Waals surface area contributed by atoms with E-state index in [-0.39, 0.29) is 5.91 Å². The summed E-state index contributed by atoms with van der Waals surface area (Å²) in [6.07, 6.45) is 0.675. The van der Waals surface area contributed by atoms with E-state index in [2.05, 4.69) is 0 Å². The molecule has 0 saturated carbocycles. The number of nitrogens with zero attached hydrogens (tertiary/aromatic N) is 1. The molecular weight excluding hydrogens is 258 g/mol. The Morgan fingerprint density at radius 1 is 1.45 bits per heavy atom. The van der Waals surface area contributed by atoms with Gasteiger partial charge in [0.25, 0.3) is 0 Å². The van der Waals surface area contributed by atoms with E-state index in [0.29, 0.717) is 19.4 Å². The van der Waals surface area contributed by atoms with Gasteiger partial charge in [0.05, 0.1) is 6.54 Å². The molecule has 0 spiro atoms. The third-order valence-electron chi connectivity index (χ3n) is 3.84. The number of aliphatic carboxylic acids is 1. The summed E-state index contributed by atoms with van der Waals surface area (Å²) in [6, 6.07) is 6.86. The Bertz CT molecular complexity index is 688. The molecule has 1 unspecified atom stereocenters. The van der Waals surface area contributed by atoms with Crippen molar-refractivity contribution in [3.63, 3.8) is 0 Å². The lowest BCUT2D eigenvalue weighted by atomic mass is 10.1. The summed E-state index contributed by atoms with van der Waals surface area (Å²) < 4.78 is 5.65. The number of benzene rings is 1. The van der Waals surface area contributed by atoms with Crippen LogP contribution in [-0.4, -0.2) is 27.9 Å². The summed E-state index contributed by atoms with van der Waals surface area (Å²) in [5.41, 5.74) is 1.65. The van der Waals surface area contributed by atoms with Crippen LogP contribution in [0.2, 0.25) is 0 Å². The SMILES string of the molecule is Cc1oc2ccccc2c1CN1C(=O)CCC1C(=O)O. The van der Waals surface area contributed by atoms with E-state index in [1.54, 1.807) is 0 Å². The van der Waals surface area contributed by atoms with Crippen molar-refractivity contribution >= 4 is 22.8 Å². The maximum absolute atomic E-state index is 11.9. The van der Waals surface area contributed by atoms with Crippen molar-refractivity contribution in [3.05, 3.63) is 35.6 Å². The Hall–Kier alpha value is -2.30. The van der Waals surface area contributed by atoms with E-state index in [1.807, 2.05) is 31.2 Å². The van der Waals surface area contributed by atoms with E-state index in [4.69, 9.17) is 4.42 Å². The van der Waals surface area contributed by atoms with Crippen LogP contribution in [0.15, 0.2) is 28.7 Å². The van der Waals surface area contributed by atoms with Crippen molar-refractivity contribution in [1.29, 1.82) is 0 Å². The Labute approximate surface area is 115 Å². The van der Waals surface area contributed by atoms with Gasteiger partial charge in [0.15, 0.2) is 0 Å². The molecule has 5 nitrogen and oxygen atoms in total. The van der Waals surface area contributed by atoms with Crippen LogP contribution in [0.3, 0.4) is 0 Å². The molecule has 1 aromatic carbocycles. The summed E-state index contributed by atoms with van der Waals surface area (Å²) >= 11 is 0. The maximum atomic E-state index is 11.9. The van der Waals surface area contributed by atoms with Crippen LogP contribution in [0.25, 0.3) is 11.0 Å². The molecule has 0 aliphatic carbocycles. The fourth-order valence-electron chi connectivity index (χ4n) is 2.78. The normalized spacial score (nSPS) is 18.9. The molecule has 1 amide bonds. The third-order valence-corrected chi connectivity index (χ3v) is 3.84. The second kappa shape index (κ2) is 4.67. The van der Waals surface area contributed by atoms with Gasteiger partial charge >= 0.3 is 5.97 Å². The summed E-state index contributed by atoms with van der Waals surface area (Å²) in [6.45, 7) is 2.13. The van der Waals surface area contributed by atoms with Crippen molar-refractivity contribution in [2.24, 2.45) is 0 Å². The molecule has 2 heterocycles. The van der Waals surface area contributed by atoms with Crippen LogP contribution in [0.1, 0.15) is 24.2 Å². The molecule has 1 atom stereocenters. The number of carboxylic acids is 1. The molecule has 1 saturated heterocycles. The Morgan fingerprint density at radius 3 is 2.95 bits per heavy atom. The number of carbonyl (C=O) groups excluding carboxylic acids is 1. The predicted molar refractivity (Wildman–Crippen MR) is 72.2 cm³/mol. The highest BCUT2D eigenvalue weighted by Crippen LogP contribution is 2.29. The highest BCUT2D eigenvalue weighted by molar-refractivity contribution is 5.88. The van der Waals surface area contributed by atoms with Gasteiger partial charge in [-0.3, -0.25) is 4.79 Å². The first-order chi connectivity index (χ1) is 9.58. The van der Waals surface area contributed by atoms with Crippen molar-refractivity contribution < 1.29 is 19.1 Å². The van der Waals surface area contributed by atoms with Crippen molar-refractivity contribution in [1.82, 2.24) is 4.90 Å². The standard InChI is InChI=1S/C15H15NO4/c1-9-11(10-4-2-3-5-13(10)20-9)8-16-12(15(18)19)6-7-14(16)17/h2-5,12H,6-8H2,1H3,(H,18,19). The first-order valence-corrected chi connectivity index (χ1v) is 6.57. The number of para-hydroxylation sites is 1.